The summed E-state index contributed by atoms with van der Waals surface area (Å²) in [6.07, 6.45) is 1.37. The molecule has 1 aromatic carbocycles. The van der Waals surface area contributed by atoms with Crippen LogP contribution in [0.25, 0.3) is 0 Å². The molecule has 1 N–H and O–H groups in total. The van der Waals surface area contributed by atoms with E-state index in [1.807, 2.05) is 17.9 Å². The molecule has 1 heterocycles. The molecular formula is C13H15Cl2NO2. The molecule has 1 aromatic rings. The van der Waals surface area contributed by atoms with E-state index in [4.69, 9.17) is 23.2 Å². The van der Waals surface area contributed by atoms with E-state index in [2.05, 4.69) is 0 Å². The number of hydrogen-bond donors (Lipinski definition) is 1. The minimum atomic E-state index is -0.769. The van der Waals surface area contributed by atoms with Gasteiger partial charge in [0.2, 0.25) is 0 Å². The zero-order valence-electron chi connectivity index (χ0n) is 10.1. The number of rotatable bonds is 3. The van der Waals surface area contributed by atoms with Gasteiger partial charge in [-0.1, -0.05) is 30.1 Å². The summed E-state index contributed by atoms with van der Waals surface area (Å²) < 4.78 is 0. The number of carbonyl (C=O) groups is 1. The van der Waals surface area contributed by atoms with Crippen LogP contribution in [0.15, 0.2) is 12.1 Å². The molecule has 0 amide bonds. The van der Waals surface area contributed by atoms with Gasteiger partial charge in [-0.15, -0.1) is 0 Å². The van der Waals surface area contributed by atoms with E-state index in [1.165, 1.54) is 0 Å². The lowest BCUT2D eigenvalue weighted by molar-refractivity contribution is -0.143. The van der Waals surface area contributed by atoms with Crippen molar-refractivity contribution in [2.45, 2.75) is 32.4 Å². The van der Waals surface area contributed by atoms with Crippen LogP contribution < -0.4 is 0 Å². The topological polar surface area (TPSA) is 40.5 Å². The highest BCUT2D eigenvalue weighted by molar-refractivity contribution is 6.35. The van der Waals surface area contributed by atoms with Crippen molar-refractivity contribution < 1.29 is 9.90 Å². The van der Waals surface area contributed by atoms with Crippen molar-refractivity contribution in [3.63, 3.8) is 0 Å². The molecule has 0 aromatic heterocycles. The van der Waals surface area contributed by atoms with Gasteiger partial charge in [0.05, 0.1) is 0 Å². The van der Waals surface area contributed by atoms with Crippen LogP contribution >= 0.6 is 23.2 Å². The molecule has 0 spiro atoms. The molecule has 0 bridgehead atoms. The lowest BCUT2D eigenvalue weighted by Gasteiger charge is -2.33. The van der Waals surface area contributed by atoms with E-state index in [1.54, 1.807) is 6.07 Å². The van der Waals surface area contributed by atoms with Crippen molar-refractivity contribution in [1.29, 1.82) is 0 Å². The summed E-state index contributed by atoms with van der Waals surface area (Å²) >= 11 is 12.1. The van der Waals surface area contributed by atoms with Gasteiger partial charge in [0, 0.05) is 23.1 Å². The highest BCUT2D eigenvalue weighted by Gasteiger charge is 2.28. The summed E-state index contributed by atoms with van der Waals surface area (Å²) in [5, 5.41) is 10.5. The minimum absolute atomic E-state index is 0.434. The molecule has 3 nitrogen and oxygen atoms in total. The molecule has 0 fully saturated rings. The minimum Gasteiger partial charge on any atom is -0.480 e. The Morgan fingerprint density at radius 2 is 2.22 bits per heavy atom. The predicted molar refractivity (Wildman–Crippen MR) is 72.3 cm³/mol. The van der Waals surface area contributed by atoms with Gasteiger partial charge in [-0.25, -0.2) is 0 Å². The molecule has 0 saturated carbocycles. The van der Waals surface area contributed by atoms with Crippen molar-refractivity contribution in [2.24, 2.45) is 0 Å². The number of halogens is 2. The van der Waals surface area contributed by atoms with Gasteiger partial charge in [-0.2, -0.15) is 0 Å². The predicted octanol–water partition coefficient (Wildman–Crippen LogP) is 3.21. The molecule has 2 rings (SSSR count). The van der Waals surface area contributed by atoms with Crippen molar-refractivity contribution in [3.8, 4) is 0 Å². The lowest BCUT2D eigenvalue weighted by Crippen LogP contribution is -2.43. The Morgan fingerprint density at radius 1 is 1.50 bits per heavy atom. The fourth-order valence-corrected chi connectivity index (χ4v) is 3.12. The molecule has 18 heavy (non-hydrogen) atoms. The number of carboxylic acids is 1. The SMILES string of the molecule is CCC(C(=O)O)N1CCc2c(Cl)cc(Cl)cc2C1. The van der Waals surface area contributed by atoms with E-state index in [9.17, 15) is 9.90 Å². The molecule has 1 unspecified atom stereocenters. The molecule has 1 atom stereocenters. The second-order valence-electron chi connectivity index (χ2n) is 4.51. The lowest BCUT2D eigenvalue weighted by atomic mass is 9.98. The highest BCUT2D eigenvalue weighted by atomic mass is 35.5. The maximum atomic E-state index is 11.2. The molecule has 1 aliphatic heterocycles. The van der Waals surface area contributed by atoms with E-state index < -0.39 is 12.0 Å². The van der Waals surface area contributed by atoms with Gasteiger partial charge < -0.3 is 5.11 Å². The zero-order chi connectivity index (χ0) is 13.3. The van der Waals surface area contributed by atoms with Crippen LogP contribution in [0, 0.1) is 0 Å². The fraction of sp³-hybridized carbons (Fsp3) is 0.462. The Balaban J connectivity index is 2.27. The Morgan fingerprint density at radius 3 is 2.83 bits per heavy atom. The number of hydrogen-bond acceptors (Lipinski definition) is 2. The Bertz CT molecular complexity index is 476. The molecule has 0 radical (unpaired) electrons. The van der Waals surface area contributed by atoms with Crippen LogP contribution in [0.1, 0.15) is 24.5 Å². The summed E-state index contributed by atoms with van der Waals surface area (Å²) in [5.41, 5.74) is 2.14. The number of nitrogens with zero attached hydrogens (tertiary/aromatic N) is 1. The Kier molecular flexibility index (Phi) is 4.15. The summed E-state index contributed by atoms with van der Waals surface area (Å²) in [4.78, 5) is 13.2. The van der Waals surface area contributed by atoms with Crippen LogP contribution in [-0.2, 0) is 17.8 Å². The Labute approximate surface area is 116 Å². The molecule has 1 aliphatic rings. The van der Waals surface area contributed by atoms with Crippen molar-refractivity contribution in [3.05, 3.63) is 33.3 Å². The fourth-order valence-electron chi connectivity index (χ4n) is 2.49. The quantitative estimate of drug-likeness (QED) is 0.928. The largest absolute Gasteiger partial charge is 0.480 e. The first kappa shape index (κ1) is 13.7. The van der Waals surface area contributed by atoms with Crippen LogP contribution in [-0.4, -0.2) is 28.6 Å². The summed E-state index contributed by atoms with van der Waals surface area (Å²) in [6, 6.07) is 3.19. The number of carboxylic acid groups (broad SMARTS) is 1. The van der Waals surface area contributed by atoms with E-state index >= 15 is 0 Å². The maximum absolute atomic E-state index is 11.2. The smallest absolute Gasteiger partial charge is 0.320 e. The van der Waals surface area contributed by atoms with Crippen LogP contribution in [0.2, 0.25) is 10.0 Å². The first-order valence-electron chi connectivity index (χ1n) is 5.96. The average Bonchev–Trinajstić information content (AvgIpc) is 2.28. The van der Waals surface area contributed by atoms with Gasteiger partial charge in [-0.05, 0) is 36.1 Å². The second kappa shape index (κ2) is 5.47. The third-order valence-electron chi connectivity index (χ3n) is 3.39. The summed E-state index contributed by atoms with van der Waals surface area (Å²) in [7, 11) is 0. The van der Waals surface area contributed by atoms with Crippen molar-refractivity contribution in [2.75, 3.05) is 6.54 Å². The van der Waals surface area contributed by atoms with Gasteiger partial charge in [-0.3, -0.25) is 9.69 Å². The van der Waals surface area contributed by atoms with E-state index in [0.29, 0.717) is 23.0 Å². The third kappa shape index (κ3) is 2.63. The standard InChI is InChI=1S/C13H15Cl2NO2/c1-2-12(13(17)18)16-4-3-10-8(7-16)5-9(14)6-11(10)15/h5-6,12H,2-4,7H2,1H3,(H,17,18). The second-order valence-corrected chi connectivity index (χ2v) is 5.35. The van der Waals surface area contributed by atoms with Gasteiger partial charge >= 0.3 is 5.97 Å². The summed E-state index contributed by atoms with van der Waals surface area (Å²) in [5.74, 6) is -0.769. The van der Waals surface area contributed by atoms with Gasteiger partial charge in [0.1, 0.15) is 6.04 Å². The first-order chi connectivity index (χ1) is 8.52. The maximum Gasteiger partial charge on any atom is 0.320 e. The monoisotopic (exact) mass is 287 g/mol. The van der Waals surface area contributed by atoms with Crippen molar-refractivity contribution in [1.82, 2.24) is 4.90 Å². The summed E-state index contributed by atoms with van der Waals surface area (Å²) in [6.45, 7) is 3.21. The van der Waals surface area contributed by atoms with E-state index in [-0.39, 0.29) is 0 Å². The highest BCUT2D eigenvalue weighted by Crippen LogP contribution is 2.30. The number of aliphatic carboxylic acids is 1. The zero-order valence-corrected chi connectivity index (χ0v) is 11.6. The van der Waals surface area contributed by atoms with Crippen LogP contribution in [0.3, 0.4) is 0 Å². The average molecular weight is 288 g/mol. The van der Waals surface area contributed by atoms with E-state index in [0.717, 1.165) is 24.1 Å². The van der Waals surface area contributed by atoms with Crippen molar-refractivity contribution >= 4 is 29.2 Å². The van der Waals surface area contributed by atoms with Gasteiger partial charge in [0.15, 0.2) is 0 Å². The number of benzene rings is 1. The molecular weight excluding hydrogens is 273 g/mol. The van der Waals surface area contributed by atoms with Crippen LogP contribution in [0.5, 0.6) is 0 Å². The molecule has 0 saturated heterocycles. The van der Waals surface area contributed by atoms with Crippen LogP contribution in [0.4, 0.5) is 0 Å². The van der Waals surface area contributed by atoms with Gasteiger partial charge in [0.25, 0.3) is 0 Å². The molecule has 98 valence electrons. The Hall–Kier alpha value is -0.770. The first-order valence-corrected chi connectivity index (χ1v) is 6.72. The normalized spacial score (nSPS) is 17.3. The molecule has 0 aliphatic carbocycles. The third-order valence-corrected chi connectivity index (χ3v) is 3.94. The molecule has 5 heteroatoms. The number of fused-ring (bicyclic) bond motifs is 1.